The average molecular weight is 295 g/mol. The molecule has 0 saturated carbocycles. The molecular formula is C17H17N3O2. The minimum absolute atomic E-state index is 0.00814. The molecule has 5 heteroatoms. The summed E-state index contributed by atoms with van der Waals surface area (Å²) in [5.74, 6) is 0.240. The molecule has 0 aliphatic rings. The second-order valence-electron chi connectivity index (χ2n) is 5.39. The van der Waals surface area contributed by atoms with E-state index in [1.165, 1.54) is 0 Å². The number of carbonyl (C=O) groups excluding carboxylic acids is 1. The van der Waals surface area contributed by atoms with Crippen molar-refractivity contribution in [1.82, 2.24) is 9.78 Å². The van der Waals surface area contributed by atoms with E-state index >= 15 is 0 Å². The Hall–Kier alpha value is -2.82. The number of rotatable bonds is 3. The highest BCUT2D eigenvalue weighted by Gasteiger charge is 2.16. The number of phenols is 1. The first-order valence-corrected chi connectivity index (χ1v) is 7.13. The molecular weight excluding hydrogens is 278 g/mol. The molecule has 2 N–H and O–H groups in total. The van der Waals surface area contributed by atoms with Crippen LogP contribution in [0.1, 0.15) is 30.2 Å². The van der Waals surface area contributed by atoms with E-state index in [4.69, 9.17) is 0 Å². The van der Waals surface area contributed by atoms with Crippen LogP contribution in [-0.2, 0) is 0 Å². The molecule has 3 rings (SSSR count). The molecule has 0 aliphatic carbocycles. The van der Waals surface area contributed by atoms with Crippen LogP contribution in [0.15, 0.2) is 48.7 Å². The Morgan fingerprint density at radius 2 is 1.95 bits per heavy atom. The third-order valence-corrected chi connectivity index (χ3v) is 3.55. The van der Waals surface area contributed by atoms with Crippen molar-refractivity contribution < 1.29 is 9.90 Å². The quantitative estimate of drug-likeness (QED) is 0.776. The van der Waals surface area contributed by atoms with Gasteiger partial charge in [0.15, 0.2) is 0 Å². The van der Waals surface area contributed by atoms with Gasteiger partial charge in [-0.3, -0.25) is 4.79 Å². The van der Waals surface area contributed by atoms with Crippen LogP contribution < -0.4 is 5.32 Å². The maximum absolute atomic E-state index is 12.4. The van der Waals surface area contributed by atoms with Gasteiger partial charge in [-0.05, 0) is 25.3 Å². The normalized spacial score (nSPS) is 11.0. The van der Waals surface area contributed by atoms with Crippen molar-refractivity contribution in [3.8, 4) is 5.75 Å². The summed E-state index contributed by atoms with van der Waals surface area (Å²) in [7, 11) is 0. The van der Waals surface area contributed by atoms with Gasteiger partial charge < -0.3 is 10.4 Å². The zero-order valence-corrected chi connectivity index (χ0v) is 12.4. The number of carbonyl (C=O) groups is 1. The highest BCUT2D eigenvalue weighted by molar-refractivity contribution is 6.09. The third kappa shape index (κ3) is 2.41. The van der Waals surface area contributed by atoms with Crippen LogP contribution in [0, 0.1) is 0 Å². The molecule has 0 radical (unpaired) electrons. The van der Waals surface area contributed by atoms with Crippen molar-refractivity contribution >= 4 is 22.5 Å². The highest BCUT2D eigenvalue weighted by atomic mass is 16.3. The summed E-state index contributed by atoms with van der Waals surface area (Å²) < 4.78 is 1.72. The van der Waals surface area contributed by atoms with Gasteiger partial charge in [0.05, 0.1) is 11.8 Å². The van der Waals surface area contributed by atoms with Crippen molar-refractivity contribution in [2.75, 3.05) is 5.32 Å². The van der Waals surface area contributed by atoms with E-state index in [0.29, 0.717) is 11.2 Å². The molecule has 112 valence electrons. The summed E-state index contributed by atoms with van der Waals surface area (Å²) in [6.07, 6.45) is 1.63. The first-order chi connectivity index (χ1) is 10.6. The minimum atomic E-state index is -0.356. The maximum atomic E-state index is 12.4. The van der Waals surface area contributed by atoms with Gasteiger partial charge in [0.2, 0.25) is 0 Å². The SMILES string of the molecule is CC(C)n1nccc1NC(=O)c1ccc2ccccc2c1O. The van der Waals surface area contributed by atoms with E-state index < -0.39 is 0 Å². The zero-order valence-electron chi connectivity index (χ0n) is 12.4. The van der Waals surface area contributed by atoms with Crippen molar-refractivity contribution in [2.24, 2.45) is 0 Å². The van der Waals surface area contributed by atoms with Crippen LogP contribution >= 0.6 is 0 Å². The van der Waals surface area contributed by atoms with E-state index in [1.807, 2.05) is 38.1 Å². The zero-order chi connectivity index (χ0) is 15.7. The van der Waals surface area contributed by atoms with Gasteiger partial charge in [-0.2, -0.15) is 5.10 Å². The molecule has 1 heterocycles. The summed E-state index contributed by atoms with van der Waals surface area (Å²) in [5.41, 5.74) is 0.246. The highest BCUT2D eigenvalue weighted by Crippen LogP contribution is 2.29. The molecule has 0 unspecified atom stereocenters. The molecule has 0 spiro atoms. The molecule has 5 nitrogen and oxygen atoms in total. The number of fused-ring (bicyclic) bond motifs is 1. The number of nitrogens with zero attached hydrogens (tertiary/aromatic N) is 2. The number of amides is 1. The maximum Gasteiger partial charge on any atom is 0.260 e. The second kappa shape index (κ2) is 5.52. The monoisotopic (exact) mass is 295 g/mol. The average Bonchev–Trinajstić information content (AvgIpc) is 2.96. The van der Waals surface area contributed by atoms with Crippen molar-refractivity contribution in [3.05, 3.63) is 54.2 Å². The van der Waals surface area contributed by atoms with Gasteiger partial charge in [0.25, 0.3) is 5.91 Å². The van der Waals surface area contributed by atoms with Gasteiger partial charge in [-0.15, -0.1) is 0 Å². The topological polar surface area (TPSA) is 67.2 Å². The molecule has 3 aromatic rings. The van der Waals surface area contributed by atoms with Crippen LogP contribution in [0.25, 0.3) is 10.8 Å². The summed E-state index contributed by atoms with van der Waals surface area (Å²) >= 11 is 0. The molecule has 2 aromatic carbocycles. The summed E-state index contributed by atoms with van der Waals surface area (Å²) in [5, 5.41) is 18.9. The lowest BCUT2D eigenvalue weighted by Gasteiger charge is -2.13. The molecule has 0 aliphatic heterocycles. The second-order valence-corrected chi connectivity index (χ2v) is 5.39. The predicted molar refractivity (Wildman–Crippen MR) is 86.2 cm³/mol. The lowest BCUT2D eigenvalue weighted by atomic mass is 10.0. The number of phenolic OH excluding ortho intramolecular Hbond substituents is 1. The number of anilines is 1. The standard InChI is InChI=1S/C17H17N3O2/c1-11(2)20-15(9-10-18-20)19-17(22)14-8-7-12-5-3-4-6-13(12)16(14)21/h3-11,21H,1-2H3,(H,19,22). The van der Waals surface area contributed by atoms with E-state index in [9.17, 15) is 9.90 Å². The van der Waals surface area contributed by atoms with Gasteiger partial charge in [-0.1, -0.05) is 30.3 Å². The van der Waals surface area contributed by atoms with Crippen LogP contribution in [0.2, 0.25) is 0 Å². The smallest absolute Gasteiger partial charge is 0.260 e. The number of aromatic hydroxyl groups is 1. The fraction of sp³-hybridized carbons (Fsp3) is 0.176. The van der Waals surface area contributed by atoms with Gasteiger partial charge >= 0.3 is 0 Å². The number of hydrogen-bond donors (Lipinski definition) is 2. The summed E-state index contributed by atoms with van der Waals surface area (Å²) in [4.78, 5) is 12.4. The number of nitrogens with one attached hydrogen (secondary N) is 1. The molecule has 22 heavy (non-hydrogen) atoms. The number of benzene rings is 2. The Morgan fingerprint density at radius 3 is 2.73 bits per heavy atom. The van der Waals surface area contributed by atoms with Crippen molar-refractivity contribution in [3.63, 3.8) is 0 Å². The Bertz CT molecular complexity index is 837. The van der Waals surface area contributed by atoms with Crippen molar-refractivity contribution in [1.29, 1.82) is 0 Å². The Labute approximate surface area is 128 Å². The predicted octanol–water partition coefficient (Wildman–Crippen LogP) is 3.58. The fourth-order valence-electron chi connectivity index (χ4n) is 2.45. The molecule has 1 amide bonds. The Morgan fingerprint density at radius 1 is 1.18 bits per heavy atom. The fourth-order valence-corrected chi connectivity index (χ4v) is 2.45. The van der Waals surface area contributed by atoms with Crippen LogP contribution in [0.3, 0.4) is 0 Å². The third-order valence-electron chi connectivity index (χ3n) is 3.55. The van der Waals surface area contributed by atoms with Crippen molar-refractivity contribution in [2.45, 2.75) is 19.9 Å². The molecule has 0 fully saturated rings. The summed E-state index contributed by atoms with van der Waals surface area (Å²) in [6, 6.07) is 12.7. The largest absolute Gasteiger partial charge is 0.506 e. The van der Waals surface area contributed by atoms with E-state index in [1.54, 1.807) is 29.1 Å². The molecule has 0 saturated heterocycles. The van der Waals surface area contributed by atoms with Crippen LogP contribution in [-0.4, -0.2) is 20.8 Å². The van der Waals surface area contributed by atoms with Crippen LogP contribution in [0.5, 0.6) is 5.75 Å². The van der Waals surface area contributed by atoms with Gasteiger partial charge in [-0.25, -0.2) is 4.68 Å². The number of aromatic nitrogens is 2. The minimum Gasteiger partial charge on any atom is -0.506 e. The Kier molecular flexibility index (Phi) is 3.55. The molecule has 1 aromatic heterocycles. The van der Waals surface area contributed by atoms with Crippen LogP contribution in [0.4, 0.5) is 5.82 Å². The summed E-state index contributed by atoms with van der Waals surface area (Å²) in [6.45, 7) is 3.96. The first-order valence-electron chi connectivity index (χ1n) is 7.13. The van der Waals surface area contributed by atoms with E-state index in [0.717, 1.165) is 5.39 Å². The first kappa shape index (κ1) is 14.1. The molecule has 0 atom stereocenters. The van der Waals surface area contributed by atoms with E-state index in [2.05, 4.69) is 10.4 Å². The molecule has 0 bridgehead atoms. The van der Waals surface area contributed by atoms with E-state index in [-0.39, 0.29) is 23.3 Å². The van der Waals surface area contributed by atoms with Gasteiger partial charge in [0.1, 0.15) is 11.6 Å². The number of hydrogen-bond acceptors (Lipinski definition) is 3. The lowest BCUT2D eigenvalue weighted by Crippen LogP contribution is -2.16. The Balaban J connectivity index is 1.95. The van der Waals surface area contributed by atoms with Gasteiger partial charge in [0, 0.05) is 17.5 Å². The lowest BCUT2D eigenvalue weighted by molar-refractivity contribution is 0.102.